The van der Waals surface area contributed by atoms with E-state index in [1.807, 2.05) is 0 Å². The monoisotopic (exact) mass is 779 g/mol. The molecule has 11 rings (SSSR count). The van der Waals surface area contributed by atoms with Gasteiger partial charge in [0.05, 0.1) is 0 Å². The standard InChI is InChI=1S/C58H41NSi/c1-5-15-42(16-6-1)44-25-32-50(33-26-44)59(51-34-27-45(28-35-51)43-17-7-2-8-18-43)52-36-29-46(30-37-52)49-31-38-57-55(40-49)56-39-47-19-13-14-20-48(47)41-58(56)60(57,53-21-9-3-10-22-53)54-23-11-4-12-24-54/h1-41H. The number of rotatable bonds is 8. The molecule has 0 bridgehead atoms. The lowest BCUT2D eigenvalue weighted by Crippen LogP contribution is -2.72. The van der Waals surface area contributed by atoms with Gasteiger partial charge in [0.1, 0.15) is 0 Å². The first kappa shape index (κ1) is 35.6. The molecule has 282 valence electrons. The molecule has 0 aliphatic carbocycles. The zero-order chi connectivity index (χ0) is 39.9. The topological polar surface area (TPSA) is 3.24 Å². The number of fused-ring (bicyclic) bond motifs is 4. The molecule has 2 heteroatoms. The molecule has 0 saturated carbocycles. The summed E-state index contributed by atoms with van der Waals surface area (Å²) in [6, 6.07) is 91.7. The van der Waals surface area contributed by atoms with Gasteiger partial charge in [-0.1, -0.05) is 200 Å². The third-order valence-corrected chi connectivity index (χ3v) is 17.2. The van der Waals surface area contributed by atoms with Crippen LogP contribution in [0.5, 0.6) is 0 Å². The van der Waals surface area contributed by atoms with E-state index in [2.05, 4.69) is 254 Å². The molecule has 0 N–H and O–H groups in total. The first-order chi connectivity index (χ1) is 29.7. The molecule has 1 aliphatic rings. The molecular weight excluding hydrogens is 739 g/mol. The SMILES string of the molecule is c1ccc(-c2ccc(N(c3ccc(-c4ccccc4)cc3)c3ccc(-c4ccc5c(c4)-c4cc6ccccc6cc4[Si]5(c4ccccc4)c4ccccc4)cc3)cc2)cc1. The van der Waals surface area contributed by atoms with Crippen molar-refractivity contribution in [2.45, 2.75) is 0 Å². The van der Waals surface area contributed by atoms with E-state index in [4.69, 9.17) is 0 Å². The molecule has 10 aromatic rings. The summed E-state index contributed by atoms with van der Waals surface area (Å²) in [5.74, 6) is 0. The van der Waals surface area contributed by atoms with E-state index >= 15 is 0 Å². The smallest absolute Gasteiger partial charge is 0.180 e. The normalized spacial score (nSPS) is 12.5. The highest BCUT2D eigenvalue weighted by atomic mass is 28.3. The van der Waals surface area contributed by atoms with E-state index in [0.29, 0.717) is 0 Å². The summed E-state index contributed by atoms with van der Waals surface area (Å²) >= 11 is 0. The number of hydrogen-bond donors (Lipinski definition) is 0. The van der Waals surface area contributed by atoms with Crippen molar-refractivity contribution in [3.63, 3.8) is 0 Å². The maximum absolute atomic E-state index is 2.62. The van der Waals surface area contributed by atoms with Crippen LogP contribution < -0.4 is 25.6 Å². The summed E-state index contributed by atoms with van der Waals surface area (Å²) < 4.78 is 0. The van der Waals surface area contributed by atoms with Crippen LogP contribution in [0.2, 0.25) is 0 Å². The first-order valence-electron chi connectivity index (χ1n) is 20.7. The quantitative estimate of drug-likeness (QED) is 0.139. The molecule has 0 spiro atoms. The fraction of sp³-hybridized carbons (Fsp3) is 0. The lowest BCUT2D eigenvalue weighted by molar-refractivity contribution is 1.28. The van der Waals surface area contributed by atoms with Gasteiger partial charge in [-0.2, -0.15) is 0 Å². The van der Waals surface area contributed by atoms with Crippen LogP contribution in [0.1, 0.15) is 0 Å². The summed E-state index contributed by atoms with van der Waals surface area (Å²) in [6.07, 6.45) is 0. The van der Waals surface area contributed by atoms with Gasteiger partial charge in [0.15, 0.2) is 8.07 Å². The summed E-state index contributed by atoms with van der Waals surface area (Å²) in [5, 5.41) is 8.31. The van der Waals surface area contributed by atoms with Gasteiger partial charge in [-0.15, -0.1) is 0 Å². The van der Waals surface area contributed by atoms with E-state index in [0.717, 1.165) is 17.1 Å². The number of hydrogen-bond acceptors (Lipinski definition) is 1. The minimum atomic E-state index is -2.62. The number of anilines is 3. The van der Waals surface area contributed by atoms with Gasteiger partial charge in [-0.3, -0.25) is 0 Å². The predicted molar refractivity (Wildman–Crippen MR) is 258 cm³/mol. The average molecular weight is 780 g/mol. The summed E-state index contributed by atoms with van der Waals surface area (Å²) in [7, 11) is -2.62. The van der Waals surface area contributed by atoms with Crippen LogP contribution in [-0.4, -0.2) is 8.07 Å². The number of nitrogens with zero attached hydrogens (tertiary/aromatic N) is 1. The lowest BCUT2D eigenvalue weighted by Gasteiger charge is -2.31. The minimum Gasteiger partial charge on any atom is -0.311 e. The van der Waals surface area contributed by atoms with Crippen molar-refractivity contribution < 1.29 is 0 Å². The number of benzene rings is 10. The van der Waals surface area contributed by atoms with Crippen LogP contribution in [-0.2, 0) is 0 Å². The van der Waals surface area contributed by atoms with E-state index in [1.54, 1.807) is 0 Å². The molecule has 1 aliphatic heterocycles. The third kappa shape index (κ3) is 6.09. The third-order valence-electron chi connectivity index (χ3n) is 12.3. The Hall–Kier alpha value is -7.52. The highest BCUT2D eigenvalue weighted by molar-refractivity contribution is 7.22. The minimum absolute atomic E-state index is 1.11. The summed E-state index contributed by atoms with van der Waals surface area (Å²) in [5.41, 5.74) is 13.3. The molecule has 1 heterocycles. The largest absolute Gasteiger partial charge is 0.311 e. The summed E-state index contributed by atoms with van der Waals surface area (Å²) in [6.45, 7) is 0. The molecule has 0 aromatic heterocycles. The van der Waals surface area contributed by atoms with Crippen LogP contribution in [0.4, 0.5) is 17.1 Å². The van der Waals surface area contributed by atoms with Crippen LogP contribution in [0, 0.1) is 0 Å². The Bertz CT molecular complexity index is 2970. The molecule has 1 nitrogen and oxygen atoms in total. The van der Waals surface area contributed by atoms with Gasteiger partial charge in [0, 0.05) is 17.1 Å². The van der Waals surface area contributed by atoms with Crippen molar-refractivity contribution in [3.8, 4) is 44.5 Å². The van der Waals surface area contributed by atoms with Gasteiger partial charge < -0.3 is 4.90 Å². The summed E-state index contributed by atoms with van der Waals surface area (Å²) in [4.78, 5) is 2.36. The lowest BCUT2D eigenvalue weighted by atomic mass is 9.97. The maximum Gasteiger partial charge on any atom is 0.180 e. The predicted octanol–water partition coefficient (Wildman–Crippen LogP) is 12.7. The van der Waals surface area contributed by atoms with Crippen LogP contribution >= 0.6 is 0 Å². The van der Waals surface area contributed by atoms with Crippen molar-refractivity contribution in [1.29, 1.82) is 0 Å². The Morgan fingerprint density at radius 1 is 0.250 bits per heavy atom. The maximum atomic E-state index is 2.50. The van der Waals surface area contributed by atoms with Gasteiger partial charge in [-0.25, -0.2) is 0 Å². The van der Waals surface area contributed by atoms with Crippen LogP contribution in [0.3, 0.4) is 0 Å². The molecular formula is C58H41NSi. The highest BCUT2D eigenvalue weighted by Crippen LogP contribution is 2.39. The van der Waals surface area contributed by atoms with Crippen molar-refractivity contribution in [3.05, 3.63) is 249 Å². The molecule has 0 atom stereocenters. The van der Waals surface area contributed by atoms with Crippen molar-refractivity contribution >= 4 is 56.7 Å². The Balaban J connectivity index is 1.02. The molecule has 0 amide bonds. The van der Waals surface area contributed by atoms with Crippen molar-refractivity contribution in [2.75, 3.05) is 4.90 Å². The second-order valence-corrected chi connectivity index (χ2v) is 19.4. The van der Waals surface area contributed by atoms with E-state index < -0.39 is 8.07 Å². The van der Waals surface area contributed by atoms with Crippen LogP contribution in [0.15, 0.2) is 249 Å². The Kier molecular flexibility index (Phi) is 8.91. The van der Waals surface area contributed by atoms with E-state index in [-0.39, 0.29) is 0 Å². The fourth-order valence-electron chi connectivity index (χ4n) is 9.47. The second kappa shape index (κ2) is 15.0. The average Bonchev–Trinajstić information content (AvgIpc) is 3.62. The van der Waals surface area contributed by atoms with Crippen molar-refractivity contribution in [2.24, 2.45) is 0 Å². The Labute approximate surface area is 353 Å². The van der Waals surface area contributed by atoms with E-state index in [9.17, 15) is 0 Å². The molecule has 0 radical (unpaired) electrons. The molecule has 0 fully saturated rings. The first-order valence-corrected chi connectivity index (χ1v) is 22.7. The highest BCUT2D eigenvalue weighted by Gasteiger charge is 2.48. The van der Waals surface area contributed by atoms with E-state index in [1.165, 1.54) is 76.0 Å². The zero-order valence-electron chi connectivity index (χ0n) is 33.1. The van der Waals surface area contributed by atoms with Crippen molar-refractivity contribution in [1.82, 2.24) is 0 Å². The molecule has 0 saturated heterocycles. The zero-order valence-corrected chi connectivity index (χ0v) is 34.1. The van der Waals surface area contributed by atoms with Crippen LogP contribution in [0.25, 0.3) is 55.3 Å². The molecule has 10 aromatic carbocycles. The second-order valence-electron chi connectivity index (χ2n) is 15.7. The molecule has 0 unspecified atom stereocenters. The van der Waals surface area contributed by atoms with Gasteiger partial charge >= 0.3 is 0 Å². The molecule has 60 heavy (non-hydrogen) atoms. The fourth-order valence-corrected chi connectivity index (χ4v) is 14.7. The van der Waals surface area contributed by atoms with Gasteiger partial charge in [-0.05, 0) is 125 Å². The Morgan fingerprint density at radius 3 is 1.07 bits per heavy atom. The van der Waals surface area contributed by atoms with Gasteiger partial charge in [0.25, 0.3) is 0 Å². The van der Waals surface area contributed by atoms with Gasteiger partial charge in [0.2, 0.25) is 0 Å². The Morgan fingerprint density at radius 2 is 0.600 bits per heavy atom.